The van der Waals surface area contributed by atoms with Gasteiger partial charge in [0.2, 0.25) is 5.91 Å². The van der Waals surface area contributed by atoms with Crippen LogP contribution < -0.4 is 5.32 Å². The van der Waals surface area contributed by atoms with Crippen molar-refractivity contribution in [3.8, 4) is 0 Å². The Bertz CT molecular complexity index is 685. The van der Waals surface area contributed by atoms with E-state index in [9.17, 15) is 13.2 Å². The Balaban J connectivity index is 1.38. The molecule has 1 aliphatic carbocycles. The third-order valence-corrected chi connectivity index (χ3v) is 7.72. The van der Waals surface area contributed by atoms with Gasteiger partial charge >= 0.3 is 0 Å². The van der Waals surface area contributed by atoms with Gasteiger partial charge < -0.3 is 19.9 Å². The molecule has 9 heteroatoms. The first-order chi connectivity index (χ1) is 13.0. The molecule has 0 aromatic carbocycles. The van der Waals surface area contributed by atoms with Crippen LogP contribution in [0.1, 0.15) is 32.1 Å². The quantitative estimate of drug-likeness (QED) is 0.512. The zero-order valence-electron chi connectivity index (χ0n) is 15.8. The summed E-state index contributed by atoms with van der Waals surface area (Å²) in [7, 11) is -2.90. The average Bonchev–Trinajstić information content (AvgIpc) is 3.21. The van der Waals surface area contributed by atoms with Gasteiger partial charge in [0.05, 0.1) is 24.2 Å². The van der Waals surface area contributed by atoms with Crippen LogP contribution in [0.3, 0.4) is 0 Å². The van der Waals surface area contributed by atoms with Crippen LogP contribution in [0.15, 0.2) is 4.99 Å². The van der Waals surface area contributed by atoms with Gasteiger partial charge in [-0.3, -0.25) is 9.79 Å². The molecule has 3 saturated heterocycles. The molecule has 27 heavy (non-hydrogen) atoms. The molecule has 8 nitrogen and oxygen atoms in total. The van der Waals surface area contributed by atoms with Gasteiger partial charge in [-0.2, -0.15) is 0 Å². The lowest BCUT2D eigenvalue weighted by Crippen LogP contribution is -2.56. The smallest absolute Gasteiger partial charge is 0.242 e. The van der Waals surface area contributed by atoms with E-state index >= 15 is 0 Å². The van der Waals surface area contributed by atoms with Crippen LogP contribution in [-0.2, 0) is 19.4 Å². The summed E-state index contributed by atoms with van der Waals surface area (Å²) >= 11 is 0. The van der Waals surface area contributed by atoms with E-state index in [1.807, 2.05) is 9.80 Å². The predicted molar refractivity (Wildman–Crippen MR) is 102 cm³/mol. The fourth-order valence-corrected chi connectivity index (χ4v) is 6.00. The molecule has 3 heterocycles. The van der Waals surface area contributed by atoms with Crippen molar-refractivity contribution in [3.05, 3.63) is 0 Å². The molecule has 1 N–H and O–H groups in total. The van der Waals surface area contributed by atoms with Gasteiger partial charge in [0.15, 0.2) is 15.8 Å². The minimum atomic E-state index is -2.90. The van der Waals surface area contributed by atoms with Gasteiger partial charge in [0.1, 0.15) is 0 Å². The maximum absolute atomic E-state index is 12.5. The highest BCUT2D eigenvalue weighted by atomic mass is 32.2. The Kier molecular flexibility index (Phi) is 5.59. The molecule has 0 bridgehead atoms. The van der Waals surface area contributed by atoms with E-state index in [1.165, 1.54) is 0 Å². The zero-order valence-corrected chi connectivity index (χ0v) is 16.6. The number of nitrogens with one attached hydrogen (secondary N) is 1. The highest BCUT2D eigenvalue weighted by Gasteiger charge is 2.36. The van der Waals surface area contributed by atoms with Gasteiger partial charge in [0, 0.05) is 38.8 Å². The molecule has 2 atom stereocenters. The SMILES string of the molecule is O=C1CN(C(=NCC2CCS(=O)(=O)C2)NCC2CCCO2)CCN1C1CC1. The maximum atomic E-state index is 12.5. The number of ether oxygens (including phenoxy) is 1. The first kappa shape index (κ1) is 19.0. The lowest BCUT2D eigenvalue weighted by Gasteiger charge is -2.36. The van der Waals surface area contributed by atoms with E-state index < -0.39 is 9.84 Å². The second-order valence-electron chi connectivity index (χ2n) is 8.19. The third kappa shape index (κ3) is 4.93. The number of aliphatic imine (C=N–C) groups is 1. The number of sulfone groups is 1. The van der Waals surface area contributed by atoms with Gasteiger partial charge in [0.25, 0.3) is 0 Å². The summed E-state index contributed by atoms with van der Waals surface area (Å²) in [6, 6.07) is 0.448. The predicted octanol–water partition coefficient (Wildman–Crippen LogP) is -0.148. The Labute approximate surface area is 161 Å². The molecule has 1 amide bonds. The molecular formula is C18H30N4O4S. The molecule has 4 aliphatic rings. The van der Waals surface area contributed by atoms with E-state index in [2.05, 4.69) is 5.32 Å². The number of piperazine rings is 1. The number of rotatable bonds is 5. The van der Waals surface area contributed by atoms with Gasteiger partial charge in [-0.25, -0.2) is 8.42 Å². The second kappa shape index (κ2) is 7.95. The van der Waals surface area contributed by atoms with Crippen molar-refractivity contribution in [2.24, 2.45) is 10.9 Å². The molecule has 4 fully saturated rings. The van der Waals surface area contributed by atoms with E-state index in [1.54, 1.807) is 0 Å². The van der Waals surface area contributed by atoms with Crippen LogP contribution in [0.2, 0.25) is 0 Å². The van der Waals surface area contributed by atoms with Crippen LogP contribution in [0.4, 0.5) is 0 Å². The summed E-state index contributed by atoms with van der Waals surface area (Å²) in [6.07, 6.45) is 5.23. The van der Waals surface area contributed by atoms with Crippen molar-refractivity contribution in [1.29, 1.82) is 0 Å². The Morgan fingerprint density at radius 1 is 1.22 bits per heavy atom. The van der Waals surface area contributed by atoms with Crippen LogP contribution in [0.25, 0.3) is 0 Å². The minimum Gasteiger partial charge on any atom is -0.376 e. The number of carbonyl (C=O) groups excluding carboxylic acids is 1. The number of carbonyl (C=O) groups is 1. The maximum Gasteiger partial charge on any atom is 0.242 e. The fourth-order valence-electron chi connectivity index (χ4n) is 4.15. The first-order valence-corrected chi connectivity index (χ1v) is 12.0. The minimum absolute atomic E-state index is 0.0815. The average molecular weight is 399 g/mol. The highest BCUT2D eigenvalue weighted by molar-refractivity contribution is 7.91. The van der Waals surface area contributed by atoms with Crippen molar-refractivity contribution >= 4 is 21.7 Å². The summed E-state index contributed by atoms with van der Waals surface area (Å²) in [5.41, 5.74) is 0. The molecule has 4 rings (SSSR count). The Hall–Kier alpha value is -1.35. The highest BCUT2D eigenvalue weighted by Crippen LogP contribution is 2.28. The van der Waals surface area contributed by atoms with Crippen LogP contribution in [0.5, 0.6) is 0 Å². The van der Waals surface area contributed by atoms with Crippen molar-refractivity contribution in [2.45, 2.75) is 44.2 Å². The fraction of sp³-hybridized carbons (Fsp3) is 0.889. The molecule has 0 aromatic heterocycles. The number of hydrogen-bond donors (Lipinski definition) is 1. The van der Waals surface area contributed by atoms with Gasteiger partial charge in [-0.1, -0.05) is 0 Å². The van der Waals surface area contributed by atoms with Crippen molar-refractivity contribution in [3.63, 3.8) is 0 Å². The lowest BCUT2D eigenvalue weighted by molar-refractivity contribution is -0.135. The summed E-state index contributed by atoms with van der Waals surface area (Å²) in [5.74, 6) is 1.46. The third-order valence-electron chi connectivity index (χ3n) is 5.88. The van der Waals surface area contributed by atoms with Gasteiger partial charge in [-0.15, -0.1) is 0 Å². The van der Waals surface area contributed by atoms with E-state index in [4.69, 9.17) is 9.73 Å². The van der Waals surface area contributed by atoms with Crippen molar-refractivity contribution in [1.82, 2.24) is 15.1 Å². The molecule has 1 saturated carbocycles. The molecule has 0 aromatic rings. The summed E-state index contributed by atoms with van der Waals surface area (Å²) in [6.45, 7) is 3.82. The number of guanidine groups is 1. The first-order valence-electron chi connectivity index (χ1n) is 10.1. The zero-order chi connectivity index (χ0) is 18.9. The van der Waals surface area contributed by atoms with Crippen molar-refractivity contribution in [2.75, 3.05) is 50.8 Å². The molecule has 152 valence electrons. The van der Waals surface area contributed by atoms with Crippen LogP contribution >= 0.6 is 0 Å². The van der Waals surface area contributed by atoms with Crippen molar-refractivity contribution < 1.29 is 17.9 Å². The van der Waals surface area contributed by atoms with Gasteiger partial charge in [-0.05, 0) is 38.0 Å². The number of nitrogens with zero attached hydrogens (tertiary/aromatic N) is 3. The van der Waals surface area contributed by atoms with E-state index in [0.29, 0.717) is 32.1 Å². The number of hydrogen-bond acceptors (Lipinski definition) is 5. The Morgan fingerprint density at radius 2 is 2.07 bits per heavy atom. The summed E-state index contributed by atoms with van der Waals surface area (Å²) < 4.78 is 29.1. The van der Waals surface area contributed by atoms with E-state index in [-0.39, 0.29) is 29.4 Å². The monoisotopic (exact) mass is 398 g/mol. The normalized spacial score (nSPS) is 31.6. The van der Waals surface area contributed by atoms with Crippen LogP contribution in [-0.4, -0.2) is 93.1 Å². The summed E-state index contributed by atoms with van der Waals surface area (Å²) in [5, 5.41) is 3.39. The molecule has 0 radical (unpaired) electrons. The summed E-state index contributed by atoms with van der Waals surface area (Å²) in [4.78, 5) is 21.2. The standard InChI is InChI=1S/C18H30N4O4S/c23-17-12-21(6-7-22(17)15-3-4-15)18(20-11-16-2-1-8-26-16)19-10-14-5-9-27(24,25)13-14/h14-16H,1-13H2,(H,19,20). The molecule has 2 unspecified atom stereocenters. The molecule has 0 spiro atoms. The van der Waals surface area contributed by atoms with E-state index in [0.717, 1.165) is 51.3 Å². The lowest BCUT2D eigenvalue weighted by atomic mass is 10.1. The second-order valence-corrected chi connectivity index (χ2v) is 10.4. The molecule has 3 aliphatic heterocycles. The topological polar surface area (TPSA) is 91.3 Å². The largest absolute Gasteiger partial charge is 0.376 e. The number of amides is 1. The molecular weight excluding hydrogens is 368 g/mol. The van der Waals surface area contributed by atoms with Crippen LogP contribution in [0, 0.1) is 5.92 Å². The Morgan fingerprint density at radius 3 is 2.70 bits per heavy atom.